The molecule has 0 spiro atoms. The molecule has 0 heterocycles. The standard InChI is InChI=1S/C19H14Br2/c1-19(2)17-9-12-7-13(20)4-3-11(12)8-16(17)15-6-5-14(21)10-18(15)19/h3-10H,1-2H3. The molecule has 0 bridgehead atoms. The summed E-state index contributed by atoms with van der Waals surface area (Å²) in [7, 11) is 0. The van der Waals surface area contributed by atoms with E-state index in [4.69, 9.17) is 0 Å². The maximum atomic E-state index is 3.61. The van der Waals surface area contributed by atoms with Gasteiger partial charge in [0.15, 0.2) is 0 Å². The number of halogens is 2. The molecule has 1 aliphatic rings. The number of rotatable bonds is 0. The van der Waals surface area contributed by atoms with Gasteiger partial charge in [0.1, 0.15) is 0 Å². The van der Waals surface area contributed by atoms with Crippen LogP contribution in [0.1, 0.15) is 25.0 Å². The van der Waals surface area contributed by atoms with Gasteiger partial charge in [-0.05, 0) is 69.4 Å². The van der Waals surface area contributed by atoms with Crippen molar-refractivity contribution in [3.8, 4) is 11.1 Å². The first kappa shape index (κ1) is 13.5. The van der Waals surface area contributed by atoms with E-state index in [2.05, 4.69) is 94.2 Å². The van der Waals surface area contributed by atoms with Gasteiger partial charge in [-0.3, -0.25) is 0 Å². The summed E-state index contributed by atoms with van der Waals surface area (Å²) >= 11 is 7.18. The quantitative estimate of drug-likeness (QED) is 0.394. The zero-order valence-corrected chi connectivity index (χ0v) is 15.0. The number of fused-ring (bicyclic) bond motifs is 4. The van der Waals surface area contributed by atoms with E-state index in [0.29, 0.717) is 0 Å². The van der Waals surface area contributed by atoms with Gasteiger partial charge in [0.2, 0.25) is 0 Å². The van der Waals surface area contributed by atoms with Gasteiger partial charge in [-0.25, -0.2) is 0 Å². The van der Waals surface area contributed by atoms with Gasteiger partial charge in [-0.1, -0.05) is 57.8 Å². The molecule has 0 amide bonds. The van der Waals surface area contributed by atoms with Crippen molar-refractivity contribution in [1.82, 2.24) is 0 Å². The van der Waals surface area contributed by atoms with Crippen LogP contribution in [0.2, 0.25) is 0 Å². The minimum Gasteiger partial charge on any atom is -0.0532 e. The van der Waals surface area contributed by atoms with Crippen LogP contribution in [0.15, 0.2) is 57.5 Å². The molecule has 0 aromatic heterocycles. The predicted octanol–water partition coefficient (Wildman–Crippen LogP) is 6.67. The van der Waals surface area contributed by atoms with Crippen LogP contribution < -0.4 is 0 Å². The lowest BCUT2D eigenvalue weighted by Crippen LogP contribution is -2.14. The van der Waals surface area contributed by atoms with Crippen molar-refractivity contribution in [2.75, 3.05) is 0 Å². The van der Waals surface area contributed by atoms with Crippen molar-refractivity contribution in [3.63, 3.8) is 0 Å². The minimum atomic E-state index is 0.0466. The van der Waals surface area contributed by atoms with Crippen LogP contribution in [0.25, 0.3) is 21.9 Å². The van der Waals surface area contributed by atoms with Crippen LogP contribution >= 0.6 is 31.9 Å². The molecule has 0 aliphatic heterocycles. The Labute approximate surface area is 141 Å². The Morgan fingerprint density at radius 1 is 0.667 bits per heavy atom. The highest BCUT2D eigenvalue weighted by molar-refractivity contribution is 9.10. The fourth-order valence-corrected chi connectivity index (χ4v) is 4.16. The molecule has 1 aliphatic carbocycles. The second-order valence-electron chi connectivity index (χ2n) is 6.20. The van der Waals surface area contributed by atoms with E-state index in [-0.39, 0.29) is 5.41 Å². The molecule has 3 aromatic rings. The fourth-order valence-electron chi connectivity index (χ4n) is 3.42. The van der Waals surface area contributed by atoms with E-state index in [1.807, 2.05) is 0 Å². The summed E-state index contributed by atoms with van der Waals surface area (Å²) in [6, 6.07) is 17.8. The Morgan fingerprint density at radius 3 is 2.14 bits per heavy atom. The van der Waals surface area contributed by atoms with Crippen LogP contribution in [0.3, 0.4) is 0 Å². The van der Waals surface area contributed by atoms with Crippen LogP contribution in [-0.2, 0) is 5.41 Å². The Bertz CT molecular complexity index is 891. The molecule has 0 saturated heterocycles. The van der Waals surface area contributed by atoms with Gasteiger partial charge in [0.25, 0.3) is 0 Å². The lowest BCUT2D eigenvalue weighted by Gasteiger charge is -2.22. The Balaban J connectivity index is 2.10. The third-order valence-corrected chi connectivity index (χ3v) is 5.54. The third kappa shape index (κ3) is 1.92. The highest BCUT2D eigenvalue weighted by atomic mass is 79.9. The highest BCUT2D eigenvalue weighted by Gasteiger charge is 2.35. The average molecular weight is 402 g/mol. The molecule has 0 radical (unpaired) electrons. The van der Waals surface area contributed by atoms with E-state index in [9.17, 15) is 0 Å². The lowest BCUT2D eigenvalue weighted by atomic mass is 9.82. The molecule has 0 unspecified atom stereocenters. The maximum absolute atomic E-state index is 3.61. The molecule has 0 N–H and O–H groups in total. The molecule has 0 nitrogen and oxygen atoms in total. The SMILES string of the molecule is CC1(C)c2cc(Br)ccc2-c2cc3ccc(Br)cc3cc21. The normalized spacial score (nSPS) is 15.0. The Hall–Kier alpha value is -1.12. The molecule has 3 aromatic carbocycles. The van der Waals surface area contributed by atoms with E-state index >= 15 is 0 Å². The summed E-state index contributed by atoms with van der Waals surface area (Å²) in [5.41, 5.74) is 5.60. The number of benzene rings is 3. The van der Waals surface area contributed by atoms with Gasteiger partial charge in [-0.2, -0.15) is 0 Å². The number of hydrogen-bond acceptors (Lipinski definition) is 0. The molecule has 4 rings (SSSR count). The second kappa shape index (κ2) is 4.44. The smallest absolute Gasteiger partial charge is 0.0181 e. The Morgan fingerprint density at radius 2 is 1.33 bits per heavy atom. The molecule has 0 atom stereocenters. The third-order valence-electron chi connectivity index (χ3n) is 4.56. The predicted molar refractivity (Wildman–Crippen MR) is 96.9 cm³/mol. The summed E-state index contributed by atoms with van der Waals surface area (Å²) in [5, 5.41) is 2.59. The lowest BCUT2D eigenvalue weighted by molar-refractivity contribution is 0.661. The largest absolute Gasteiger partial charge is 0.0532 e. The van der Waals surface area contributed by atoms with Crippen LogP contribution in [-0.4, -0.2) is 0 Å². The van der Waals surface area contributed by atoms with E-state index in [0.717, 1.165) is 8.95 Å². The molecule has 0 saturated carbocycles. The van der Waals surface area contributed by atoms with E-state index in [1.54, 1.807) is 0 Å². The molecule has 2 heteroatoms. The van der Waals surface area contributed by atoms with Crippen LogP contribution in [0.4, 0.5) is 0 Å². The van der Waals surface area contributed by atoms with Gasteiger partial charge >= 0.3 is 0 Å². The molecular formula is C19H14Br2. The van der Waals surface area contributed by atoms with Gasteiger partial charge in [0.05, 0.1) is 0 Å². The average Bonchev–Trinajstić information content (AvgIpc) is 2.65. The monoisotopic (exact) mass is 400 g/mol. The fraction of sp³-hybridized carbons (Fsp3) is 0.158. The highest BCUT2D eigenvalue weighted by Crippen LogP contribution is 2.50. The molecular weight excluding hydrogens is 388 g/mol. The van der Waals surface area contributed by atoms with E-state index in [1.165, 1.54) is 33.0 Å². The van der Waals surface area contributed by atoms with Crippen molar-refractivity contribution in [3.05, 3.63) is 68.6 Å². The van der Waals surface area contributed by atoms with Crippen molar-refractivity contribution in [1.29, 1.82) is 0 Å². The first-order chi connectivity index (χ1) is 9.96. The molecule has 21 heavy (non-hydrogen) atoms. The van der Waals surface area contributed by atoms with Crippen molar-refractivity contribution in [2.24, 2.45) is 0 Å². The first-order valence-electron chi connectivity index (χ1n) is 7.01. The van der Waals surface area contributed by atoms with E-state index < -0.39 is 0 Å². The van der Waals surface area contributed by atoms with Crippen molar-refractivity contribution in [2.45, 2.75) is 19.3 Å². The summed E-state index contributed by atoms with van der Waals surface area (Å²) in [6.07, 6.45) is 0. The van der Waals surface area contributed by atoms with Gasteiger partial charge < -0.3 is 0 Å². The zero-order chi connectivity index (χ0) is 14.8. The van der Waals surface area contributed by atoms with Gasteiger partial charge in [-0.15, -0.1) is 0 Å². The van der Waals surface area contributed by atoms with Gasteiger partial charge in [0, 0.05) is 14.4 Å². The second-order valence-corrected chi connectivity index (χ2v) is 8.04. The summed E-state index contributed by atoms with van der Waals surface area (Å²) in [5.74, 6) is 0. The summed E-state index contributed by atoms with van der Waals surface area (Å²) in [4.78, 5) is 0. The zero-order valence-electron chi connectivity index (χ0n) is 11.9. The number of hydrogen-bond donors (Lipinski definition) is 0. The maximum Gasteiger partial charge on any atom is 0.0181 e. The minimum absolute atomic E-state index is 0.0466. The Kier molecular flexibility index (Phi) is 2.86. The topological polar surface area (TPSA) is 0 Å². The first-order valence-corrected chi connectivity index (χ1v) is 8.59. The van der Waals surface area contributed by atoms with Crippen LogP contribution in [0, 0.1) is 0 Å². The van der Waals surface area contributed by atoms with Crippen molar-refractivity contribution >= 4 is 42.6 Å². The molecule has 0 fully saturated rings. The van der Waals surface area contributed by atoms with Crippen LogP contribution in [0.5, 0.6) is 0 Å². The summed E-state index contributed by atoms with van der Waals surface area (Å²) < 4.78 is 2.28. The summed E-state index contributed by atoms with van der Waals surface area (Å²) in [6.45, 7) is 4.63. The van der Waals surface area contributed by atoms with Crippen molar-refractivity contribution < 1.29 is 0 Å². The molecule has 104 valence electrons.